The van der Waals surface area contributed by atoms with Gasteiger partial charge < -0.3 is 10.5 Å². The Morgan fingerprint density at radius 3 is 2.80 bits per heavy atom. The molecule has 0 saturated carbocycles. The molecule has 0 aromatic rings. The molecule has 0 unspecified atom stereocenters. The van der Waals surface area contributed by atoms with Crippen LogP contribution in [0.25, 0.3) is 0 Å². The van der Waals surface area contributed by atoms with Gasteiger partial charge in [-0.3, -0.25) is 5.32 Å². The molecular weight excluding hydrogens is 128 g/mol. The number of ether oxygens (including phenoxy) is 1. The Labute approximate surface area is 61.9 Å². The Morgan fingerprint density at radius 1 is 1.70 bits per heavy atom. The molecule has 1 rings (SSSR count). The Hall–Kier alpha value is -0.120. The van der Waals surface area contributed by atoms with Crippen molar-refractivity contribution in [2.45, 2.75) is 32.0 Å². The lowest BCUT2D eigenvalue weighted by Gasteiger charge is -2.17. The van der Waals surface area contributed by atoms with Crippen molar-refractivity contribution < 1.29 is 4.74 Å². The van der Waals surface area contributed by atoms with Crippen molar-refractivity contribution in [3.8, 4) is 0 Å². The zero-order chi connectivity index (χ0) is 7.61. The third kappa shape index (κ3) is 1.94. The van der Waals surface area contributed by atoms with Gasteiger partial charge in [-0.15, -0.1) is 0 Å². The maximum absolute atomic E-state index is 5.44. The van der Waals surface area contributed by atoms with Gasteiger partial charge in [0.2, 0.25) is 0 Å². The lowest BCUT2D eigenvalue weighted by atomic mass is 10.2. The van der Waals surface area contributed by atoms with Crippen LogP contribution in [0.1, 0.15) is 20.3 Å². The van der Waals surface area contributed by atoms with E-state index < -0.39 is 0 Å². The van der Waals surface area contributed by atoms with Crippen molar-refractivity contribution in [3.05, 3.63) is 0 Å². The average molecular weight is 144 g/mol. The molecule has 0 amide bonds. The minimum atomic E-state index is -0.139. The third-order valence-electron chi connectivity index (χ3n) is 1.71. The molecule has 0 radical (unpaired) electrons. The Balaban J connectivity index is 2.29. The lowest BCUT2D eigenvalue weighted by molar-refractivity contribution is 0.0231. The van der Waals surface area contributed by atoms with Gasteiger partial charge in [0.15, 0.2) is 0 Å². The van der Waals surface area contributed by atoms with Gasteiger partial charge in [0, 0.05) is 6.04 Å². The average Bonchev–Trinajstić information content (AvgIpc) is 2.12. The highest BCUT2D eigenvalue weighted by Crippen LogP contribution is 2.15. The zero-order valence-corrected chi connectivity index (χ0v) is 6.68. The van der Waals surface area contributed by atoms with Crippen LogP contribution in [0.4, 0.5) is 0 Å². The first-order valence-corrected chi connectivity index (χ1v) is 3.76. The molecule has 0 aromatic carbocycles. The second-order valence-electron chi connectivity index (χ2n) is 3.24. The van der Waals surface area contributed by atoms with Crippen LogP contribution in [-0.4, -0.2) is 24.9 Å². The normalized spacial score (nSPS) is 30.9. The van der Waals surface area contributed by atoms with Crippen LogP contribution in [0.3, 0.4) is 0 Å². The van der Waals surface area contributed by atoms with Crippen molar-refractivity contribution in [3.63, 3.8) is 0 Å². The molecule has 1 aliphatic rings. The number of nitrogens with one attached hydrogen (secondary N) is 1. The fourth-order valence-corrected chi connectivity index (χ4v) is 1.24. The third-order valence-corrected chi connectivity index (χ3v) is 1.71. The summed E-state index contributed by atoms with van der Waals surface area (Å²) in [5.74, 6) is 0. The highest BCUT2D eigenvalue weighted by Gasteiger charge is 2.29. The highest BCUT2D eigenvalue weighted by molar-refractivity contribution is 4.81. The van der Waals surface area contributed by atoms with Gasteiger partial charge in [0.1, 0.15) is 5.72 Å². The number of nitrogens with two attached hydrogens (primary N) is 1. The van der Waals surface area contributed by atoms with Gasteiger partial charge in [0.25, 0.3) is 0 Å². The summed E-state index contributed by atoms with van der Waals surface area (Å²) >= 11 is 0. The van der Waals surface area contributed by atoms with E-state index in [1.165, 1.54) is 0 Å². The monoisotopic (exact) mass is 144 g/mol. The van der Waals surface area contributed by atoms with E-state index in [0.29, 0.717) is 6.04 Å². The van der Waals surface area contributed by atoms with Crippen LogP contribution in [0.2, 0.25) is 0 Å². The standard InChI is InChI=1S/C7H16N2O/c1-7(2)9-6(3-4-8)5-10-7/h6,9H,3-5,8H2,1-2H3/t6-/m0/s1. The zero-order valence-electron chi connectivity index (χ0n) is 6.68. The van der Waals surface area contributed by atoms with Crippen LogP contribution in [0.5, 0.6) is 0 Å². The predicted molar refractivity (Wildman–Crippen MR) is 40.6 cm³/mol. The van der Waals surface area contributed by atoms with E-state index in [9.17, 15) is 0 Å². The summed E-state index contributed by atoms with van der Waals surface area (Å²) in [5, 5.41) is 3.33. The summed E-state index contributed by atoms with van der Waals surface area (Å²) in [5.41, 5.74) is 5.26. The molecule has 1 saturated heterocycles. The minimum Gasteiger partial charge on any atom is -0.360 e. The molecule has 10 heavy (non-hydrogen) atoms. The van der Waals surface area contributed by atoms with Gasteiger partial charge >= 0.3 is 0 Å². The van der Waals surface area contributed by atoms with E-state index >= 15 is 0 Å². The van der Waals surface area contributed by atoms with Crippen LogP contribution in [0.15, 0.2) is 0 Å². The minimum absolute atomic E-state index is 0.139. The first-order chi connectivity index (χ1) is 4.64. The van der Waals surface area contributed by atoms with Gasteiger partial charge in [-0.1, -0.05) is 0 Å². The van der Waals surface area contributed by atoms with Crippen molar-refractivity contribution in [1.29, 1.82) is 0 Å². The highest BCUT2D eigenvalue weighted by atomic mass is 16.5. The van der Waals surface area contributed by atoms with E-state index in [4.69, 9.17) is 10.5 Å². The summed E-state index contributed by atoms with van der Waals surface area (Å²) in [4.78, 5) is 0. The van der Waals surface area contributed by atoms with Crippen LogP contribution >= 0.6 is 0 Å². The van der Waals surface area contributed by atoms with Crippen LogP contribution < -0.4 is 11.1 Å². The maximum atomic E-state index is 5.44. The van der Waals surface area contributed by atoms with Gasteiger partial charge in [-0.05, 0) is 26.8 Å². The fourth-order valence-electron chi connectivity index (χ4n) is 1.24. The van der Waals surface area contributed by atoms with E-state index in [1.807, 2.05) is 13.8 Å². The molecule has 0 bridgehead atoms. The van der Waals surface area contributed by atoms with Crippen LogP contribution in [0, 0.1) is 0 Å². The van der Waals surface area contributed by atoms with E-state index in [1.54, 1.807) is 0 Å². The molecular formula is C7H16N2O. The molecule has 1 aliphatic heterocycles. The number of hydrogen-bond acceptors (Lipinski definition) is 3. The number of hydrogen-bond donors (Lipinski definition) is 2. The summed E-state index contributed by atoms with van der Waals surface area (Å²) in [6, 6.07) is 0.458. The molecule has 3 N–H and O–H groups in total. The lowest BCUT2D eigenvalue weighted by Crippen LogP contribution is -2.39. The summed E-state index contributed by atoms with van der Waals surface area (Å²) in [6.45, 7) is 5.59. The largest absolute Gasteiger partial charge is 0.360 e. The molecule has 3 nitrogen and oxygen atoms in total. The second-order valence-corrected chi connectivity index (χ2v) is 3.24. The van der Waals surface area contributed by atoms with Crippen molar-refractivity contribution in [2.24, 2.45) is 5.73 Å². The fraction of sp³-hybridized carbons (Fsp3) is 1.00. The SMILES string of the molecule is CC1(C)N[C@@H](CCN)CO1. The maximum Gasteiger partial charge on any atom is 0.113 e. The summed E-state index contributed by atoms with van der Waals surface area (Å²) in [7, 11) is 0. The first-order valence-electron chi connectivity index (χ1n) is 3.76. The van der Waals surface area contributed by atoms with Crippen LogP contribution in [-0.2, 0) is 4.74 Å². The Morgan fingerprint density at radius 2 is 2.40 bits per heavy atom. The smallest absolute Gasteiger partial charge is 0.113 e. The first kappa shape index (κ1) is 7.98. The molecule has 1 heterocycles. The van der Waals surface area contributed by atoms with E-state index in [2.05, 4.69) is 5.32 Å². The Bertz CT molecular complexity index is 114. The van der Waals surface area contributed by atoms with Crippen molar-refractivity contribution in [2.75, 3.05) is 13.2 Å². The molecule has 1 fully saturated rings. The van der Waals surface area contributed by atoms with Gasteiger partial charge in [-0.25, -0.2) is 0 Å². The molecule has 3 heteroatoms. The van der Waals surface area contributed by atoms with E-state index in [0.717, 1.165) is 19.6 Å². The van der Waals surface area contributed by atoms with Gasteiger partial charge in [-0.2, -0.15) is 0 Å². The molecule has 0 aromatic heterocycles. The van der Waals surface area contributed by atoms with Crippen molar-refractivity contribution >= 4 is 0 Å². The summed E-state index contributed by atoms with van der Waals surface area (Å²) < 4.78 is 5.44. The van der Waals surface area contributed by atoms with Gasteiger partial charge in [0.05, 0.1) is 6.61 Å². The molecule has 1 atom stereocenters. The molecule has 0 spiro atoms. The summed E-state index contributed by atoms with van der Waals surface area (Å²) in [6.07, 6.45) is 1.00. The quantitative estimate of drug-likeness (QED) is 0.576. The topological polar surface area (TPSA) is 47.3 Å². The predicted octanol–water partition coefficient (Wildman–Crippen LogP) is 0.0597. The molecule has 0 aliphatic carbocycles. The Kier molecular flexibility index (Phi) is 2.28. The number of rotatable bonds is 2. The van der Waals surface area contributed by atoms with Crippen molar-refractivity contribution in [1.82, 2.24) is 5.32 Å². The second kappa shape index (κ2) is 2.86. The van der Waals surface area contributed by atoms with E-state index in [-0.39, 0.29) is 5.72 Å². The molecule has 60 valence electrons.